The average Bonchev–Trinajstić information content (AvgIpc) is 2.44. The van der Waals surface area contributed by atoms with E-state index in [0.29, 0.717) is 18.8 Å². The van der Waals surface area contributed by atoms with Gasteiger partial charge >= 0.3 is 0 Å². The van der Waals surface area contributed by atoms with Crippen LogP contribution in [0.4, 0.5) is 5.82 Å². The topological polar surface area (TPSA) is 68.0 Å². The first-order valence-electron chi connectivity index (χ1n) is 3.78. The maximum absolute atomic E-state index is 11.0. The molecule has 2 heterocycles. The van der Waals surface area contributed by atoms with Gasteiger partial charge in [-0.1, -0.05) is 0 Å². The Balaban J connectivity index is 2.51. The Morgan fingerprint density at radius 3 is 3.25 bits per heavy atom. The highest BCUT2D eigenvalue weighted by atomic mass is 16.1. The van der Waals surface area contributed by atoms with Gasteiger partial charge in [0.15, 0.2) is 0 Å². The lowest BCUT2D eigenvalue weighted by molar-refractivity contribution is -0.115. The third kappa shape index (κ3) is 0.967. The molecule has 2 rings (SSSR count). The fraction of sp³-hybridized carbons (Fsp3) is 0.250. The van der Waals surface area contributed by atoms with Gasteiger partial charge in [0.2, 0.25) is 5.91 Å². The van der Waals surface area contributed by atoms with Gasteiger partial charge in [0.1, 0.15) is 5.82 Å². The largest absolute Gasteiger partial charge is 0.326 e. The second kappa shape index (κ2) is 2.57. The molecule has 0 unspecified atom stereocenters. The molecule has 0 fully saturated rings. The van der Waals surface area contributed by atoms with Crippen molar-refractivity contribution in [2.45, 2.75) is 13.0 Å². The Labute approximate surface area is 69.8 Å². The number of pyridine rings is 1. The van der Waals surface area contributed by atoms with E-state index in [1.165, 1.54) is 0 Å². The Bertz CT molecular complexity index is 335. The molecule has 0 aliphatic carbocycles. The van der Waals surface area contributed by atoms with Gasteiger partial charge in [-0.3, -0.25) is 4.79 Å². The van der Waals surface area contributed by atoms with E-state index >= 15 is 0 Å². The third-order valence-corrected chi connectivity index (χ3v) is 1.97. The van der Waals surface area contributed by atoms with E-state index in [-0.39, 0.29) is 5.91 Å². The third-order valence-electron chi connectivity index (χ3n) is 1.97. The first kappa shape index (κ1) is 7.24. The highest BCUT2D eigenvalue weighted by Crippen LogP contribution is 2.22. The van der Waals surface area contributed by atoms with Crippen molar-refractivity contribution in [2.24, 2.45) is 5.73 Å². The summed E-state index contributed by atoms with van der Waals surface area (Å²) in [5, 5.41) is 2.67. The molecule has 1 aliphatic rings. The molecule has 0 bridgehead atoms. The summed E-state index contributed by atoms with van der Waals surface area (Å²) >= 11 is 0. The van der Waals surface area contributed by atoms with Crippen LogP contribution in [0.3, 0.4) is 0 Å². The van der Waals surface area contributed by atoms with Crippen molar-refractivity contribution in [3.8, 4) is 0 Å². The number of anilines is 1. The van der Waals surface area contributed by atoms with Crippen LogP contribution in [-0.4, -0.2) is 10.9 Å². The number of hydrogen-bond donors (Lipinski definition) is 2. The van der Waals surface area contributed by atoms with Gasteiger partial charge < -0.3 is 11.1 Å². The number of carbonyl (C=O) groups excluding carboxylic acids is 1. The lowest BCUT2D eigenvalue weighted by atomic mass is 10.1. The number of aromatic nitrogens is 1. The van der Waals surface area contributed by atoms with E-state index in [4.69, 9.17) is 5.73 Å². The number of rotatable bonds is 1. The van der Waals surface area contributed by atoms with Crippen molar-refractivity contribution in [2.75, 3.05) is 5.32 Å². The highest BCUT2D eigenvalue weighted by Gasteiger charge is 2.20. The van der Waals surface area contributed by atoms with Crippen molar-refractivity contribution in [3.63, 3.8) is 0 Å². The molecule has 1 aromatic heterocycles. The monoisotopic (exact) mass is 163 g/mol. The van der Waals surface area contributed by atoms with Crippen molar-refractivity contribution in [1.29, 1.82) is 0 Å². The predicted octanol–water partition coefficient (Wildman–Crippen LogP) is 0.0349. The van der Waals surface area contributed by atoms with Gasteiger partial charge in [0.25, 0.3) is 0 Å². The molecule has 0 aromatic carbocycles. The first-order valence-corrected chi connectivity index (χ1v) is 3.78. The van der Waals surface area contributed by atoms with Crippen LogP contribution >= 0.6 is 0 Å². The summed E-state index contributed by atoms with van der Waals surface area (Å²) in [5.74, 6) is 0.668. The lowest BCUT2D eigenvalue weighted by Crippen LogP contribution is -2.04. The molecule has 1 aliphatic heterocycles. The summed E-state index contributed by atoms with van der Waals surface area (Å²) in [4.78, 5) is 15.0. The molecule has 1 amide bonds. The summed E-state index contributed by atoms with van der Waals surface area (Å²) in [7, 11) is 0. The minimum atomic E-state index is -0.00148. The number of nitrogens with zero attached hydrogens (tertiary/aromatic N) is 1. The number of amides is 1. The van der Waals surface area contributed by atoms with Crippen molar-refractivity contribution < 1.29 is 4.79 Å². The Morgan fingerprint density at radius 2 is 2.50 bits per heavy atom. The quantitative estimate of drug-likeness (QED) is 0.614. The summed E-state index contributed by atoms with van der Waals surface area (Å²) in [6.07, 6.45) is 2.07. The van der Waals surface area contributed by atoms with Crippen molar-refractivity contribution in [3.05, 3.63) is 23.4 Å². The molecule has 0 atom stereocenters. The summed E-state index contributed by atoms with van der Waals surface area (Å²) in [6.45, 7) is 0.458. The van der Waals surface area contributed by atoms with Crippen LogP contribution in [0, 0.1) is 0 Å². The normalized spacial score (nSPS) is 14.2. The molecule has 1 aromatic rings. The van der Waals surface area contributed by atoms with E-state index in [0.717, 1.165) is 11.1 Å². The molecule has 62 valence electrons. The minimum Gasteiger partial charge on any atom is -0.326 e. The average molecular weight is 163 g/mol. The fourth-order valence-corrected chi connectivity index (χ4v) is 1.37. The van der Waals surface area contributed by atoms with E-state index < -0.39 is 0 Å². The lowest BCUT2D eigenvalue weighted by Gasteiger charge is -2.01. The second-order valence-electron chi connectivity index (χ2n) is 2.73. The van der Waals surface area contributed by atoms with Crippen LogP contribution in [-0.2, 0) is 17.8 Å². The van der Waals surface area contributed by atoms with Crippen LogP contribution in [0.25, 0.3) is 0 Å². The van der Waals surface area contributed by atoms with E-state index in [1.807, 2.05) is 6.07 Å². The van der Waals surface area contributed by atoms with Gasteiger partial charge in [0, 0.05) is 18.3 Å². The zero-order chi connectivity index (χ0) is 8.55. The Kier molecular flexibility index (Phi) is 1.55. The molecule has 0 spiro atoms. The van der Waals surface area contributed by atoms with Crippen LogP contribution < -0.4 is 11.1 Å². The van der Waals surface area contributed by atoms with E-state index in [9.17, 15) is 4.79 Å². The molecule has 3 N–H and O–H groups in total. The summed E-state index contributed by atoms with van der Waals surface area (Å²) < 4.78 is 0. The standard InChI is InChI=1S/C8H9N3O/c9-4-5-1-2-10-8-6(5)3-7(12)11-8/h1-2H,3-4,9H2,(H,10,11,12). The van der Waals surface area contributed by atoms with Gasteiger partial charge in [-0.25, -0.2) is 4.98 Å². The first-order chi connectivity index (χ1) is 5.81. The molecule has 4 nitrogen and oxygen atoms in total. The SMILES string of the molecule is NCc1ccnc2c1CC(=O)N2. The van der Waals surface area contributed by atoms with Gasteiger partial charge in [-0.05, 0) is 11.6 Å². The summed E-state index contributed by atoms with van der Waals surface area (Å²) in [6, 6.07) is 1.85. The minimum absolute atomic E-state index is 0.00148. The van der Waals surface area contributed by atoms with Crippen LogP contribution in [0.2, 0.25) is 0 Å². The second-order valence-corrected chi connectivity index (χ2v) is 2.73. The zero-order valence-electron chi connectivity index (χ0n) is 6.50. The highest BCUT2D eigenvalue weighted by molar-refractivity contribution is 5.98. The molecular weight excluding hydrogens is 154 g/mol. The predicted molar refractivity (Wildman–Crippen MR) is 44.5 cm³/mol. The van der Waals surface area contributed by atoms with Crippen LogP contribution in [0.1, 0.15) is 11.1 Å². The molecule has 0 saturated carbocycles. The zero-order valence-corrected chi connectivity index (χ0v) is 6.50. The summed E-state index contributed by atoms with van der Waals surface area (Å²) in [5.41, 5.74) is 7.45. The number of nitrogens with one attached hydrogen (secondary N) is 1. The molecule has 0 radical (unpaired) electrons. The van der Waals surface area contributed by atoms with Crippen molar-refractivity contribution >= 4 is 11.7 Å². The Morgan fingerprint density at radius 1 is 1.67 bits per heavy atom. The number of fused-ring (bicyclic) bond motifs is 1. The van der Waals surface area contributed by atoms with E-state index in [1.54, 1.807) is 6.20 Å². The maximum Gasteiger partial charge on any atom is 0.230 e. The van der Waals surface area contributed by atoms with Gasteiger partial charge in [-0.2, -0.15) is 0 Å². The maximum atomic E-state index is 11.0. The molecular formula is C8H9N3O. The molecule has 12 heavy (non-hydrogen) atoms. The molecule has 0 saturated heterocycles. The smallest absolute Gasteiger partial charge is 0.230 e. The molecule has 4 heteroatoms. The van der Waals surface area contributed by atoms with Crippen LogP contribution in [0.15, 0.2) is 12.3 Å². The van der Waals surface area contributed by atoms with E-state index in [2.05, 4.69) is 10.3 Å². The number of nitrogens with two attached hydrogens (primary N) is 1. The van der Waals surface area contributed by atoms with Gasteiger partial charge in [-0.15, -0.1) is 0 Å². The Hall–Kier alpha value is -1.42. The van der Waals surface area contributed by atoms with Crippen LogP contribution in [0.5, 0.6) is 0 Å². The fourth-order valence-electron chi connectivity index (χ4n) is 1.37. The number of carbonyl (C=O) groups is 1. The van der Waals surface area contributed by atoms with Crippen molar-refractivity contribution in [1.82, 2.24) is 4.98 Å². The van der Waals surface area contributed by atoms with Gasteiger partial charge in [0.05, 0.1) is 6.42 Å². The number of hydrogen-bond acceptors (Lipinski definition) is 3.